The lowest BCUT2D eigenvalue weighted by molar-refractivity contribution is -0.139. The van der Waals surface area contributed by atoms with E-state index in [9.17, 15) is 4.79 Å². The Hall–Kier alpha value is -2.08. The van der Waals surface area contributed by atoms with Gasteiger partial charge in [0.15, 0.2) is 0 Å². The van der Waals surface area contributed by atoms with Crippen molar-refractivity contribution in [3.63, 3.8) is 0 Å². The van der Waals surface area contributed by atoms with Crippen LogP contribution in [0.4, 0.5) is 0 Å². The number of hydrogen-bond acceptors (Lipinski definition) is 3. The minimum absolute atomic E-state index is 0.218. The van der Waals surface area contributed by atoms with Crippen LogP contribution >= 0.6 is 0 Å². The van der Waals surface area contributed by atoms with Crippen LogP contribution in [0.25, 0.3) is 6.08 Å². The quantitative estimate of drug-likeness (QED) is 0.727. The third-order valence-electron chi connectivity index (χ3n) is 2.24. The van der Waals surface area contributed by atoms with Crippen molar-refractivity contribution in [2.75, 3.05) is 7.11 Å². The number of ether oxygens (including phenoxy) is 1. The van der Waals surface area contributed by atoms with Crippen LogP contribution in [0.3, 0.4) is 0 Å². The predicted octanol–water partition coefficient (Wildman–Crippen LogP) is 2.44. The second-order valence-corrected chi connectivity index (χ2v) is 3.33. The summed E-state index contributed by atoms with van der Waals surface area (Å²) >= 11 is 0. The Morgan fingerprint density at radius 2 is 2.31 bits per heavy atom. The van der Waals surface area contributed by atoms with Gasteiger partial charge >= 0.3 is 5.97 Å². The minimum atomic E-state index is -0.289. The summed E-state index contributed by atoms with van der Waals surface area (Å²) in [5, 5.41) is 8.92. The van der Waals surface area contributed by atoms with Gasteiger partial charge in [-0.15, -0.1) is 0 Å². The molecule has 0 saturated heterocycles. The number of esters is 1. The zero-order valence-corrected chi connectivity index (χ0v) is 9.36. The van der Waals surface area contributed by atoms with Gasteiger partial charge in [-0.1, -0.05) is 24.3 Å². The van der Waals surface area contributed by atoms with Crippen LogP contribution in [0.5, 0.6) is 0 Å². The highest BCUT2D eigenvalue weighted by Crippen LogP contribution is 2.15. The molecule has 0 heterocycles. The Morgan fingerprint density at radius 3 is 2.94 bits per heavy atom. The molecule has 82 valence electrons. The molecular weight excluding hydrogens is 202 g/mol. The molecule has 0 aliphatic carbocycles. The topological polar surface area (TPSA) is 50.1 Å². The number of rotatable bonds is 3. The number of carbonyl (C=O) groups excluding carboxylic acids is 1. The molecule has 0 aromatic heterocycles. The van der Waals surface area contributed by atoms with Crippen molar-refractivity contribution < 1.29 is 9.53 Å². The predicted molar refractivity (Wildman–Crippen MR) is 61.6 cm³/mol. The van der Waals surface area contributed by atoms with Gasteiger partial charge in [0.2, 0.25) is 0 Å². The first-order valence-electron chi connectivity index (χ1n) is 4.92. The van der Waals surface area contributed by atoms with Crippen molar-refractivity contribution in [3.8, 4) is 6.07 Å². The lowest BCUT2D eigenvalue weighted by atomic mass is 10.0. The molecule has 0 amide bonds. The summed E-state index contributed by atoms with van der Waals surface area (Å²) in [6.07, 6.45) is 3.70. The van der Waals surface area contributed by atoms with E-state index in [4.69, 9.17) is 5.26 Å². The second kappa shape index (κ2) is 5.72. The van der Waals surface area contributed by atoms with Gasteiger partial charge in [0.25, 0.3) is 0 Å². The van der Waals surface area contributed by atoms with Gasteiger partial charge in [-0.25, -0.2) is 0 Å². The first-order valence-corrected chi connectivity index (χ1v) is 4.92. The summed E-state index contributed by atoms with van der Waals surface area (Å²) in [7, 11) is 1.35. The van der Waals surface area contributed by atoms with Crippen LogP contribution in [0.2, 0.25) is 0 Å². The van der Waals surface area contributed by atoms with Gasteiger partial charge in [0.1, 0.15) is 0 Å². The second-order valence-electron chi connectivity index (χ2n) is 3.33. The molecule has 0 fully saturated rings. The summed E-state index contributed by atoms with van der Waals surface area (Å²) in [4.78, 5) is 10.9. The number of methoxy groups -OCH3 is 1. The van der Waals surface area contributed by atoms with E-state index in [0.29, 0.717) is 5.56 Å². The van der Waals surface area contributed by atoms with E-state index in [0.717, 1.165) is 11.1 Å². The van der Waals surface area contributed by atoms with Gasteiger partial charge in [-0.3, -0.25) is 4.79 Å². The standard InChI is InChI=1S/C13H13NO2/c1-10-5-3-6-11(9-14)12(10)7-4-8-13(15)16-2/h3-7H,8H2,1-2H3. The highest BCUT2D eigenvalue weighted by molar-refractivity contribution is 5.73. The average molecular weight is 215 g/mol. The maximum atomic E-state index is 10.9. The smallest absolute Gasteiger partial charge is 0.309 e. The largest absolute Gasteiger partial charge is 0.469 e. The summed E-state index contributed by atoms with van der Waals surface area (Å²) in [5.74, 6) is -0.289. The molecule has 0 bridgehead atoms. The zero-order chi connectivity index (χ0) is 12.0. The van der Waals surface area contributed by atoms with E-state index in [1.165, 1.54) is 7.11 Å². The summed E-state index contributed by atoms with van der Waals surface area (Å²) in [6, 6.07) is 7.64. The fourth-order valence-electron chi connectivity index (χ4n) is 1.36. The van der Waals surface area contributed by atoms with Crippen LogP contribution in [-0.4, -0.2) is 13.1 Å². The highest BCUT2D eigenvalue weighted by atomic mass is 16.5. The van der Waals surface area contributed by atoms with Crippen molar-refractivity contribution in [2.24, 2.45) is 0 Å². The van der Waals surface area contributed by atoms with Gasteiger partial charge in [0, 0.05) is 0 Å². The van der Waals surface area contributed by atoms with E-state index in [-0.39, 0.29) is 12.4 Å². The maximum absolute atomic E-state index is 10.9. The maximum Gasteiger partial charge on any atom is 0.309 e. The number of benzene rings is 1. The Kier molecular flexibility index (Phi) is 4.28. The number of aryl methyl sites for hydroxylation is 1. The van der Waals surface area contributed by atoms with Crippen LogP contribution in [0.1, 0.15) is 23.1 Å². The Bertz CT molecular complexity index is 455. The third kappa shape index (κ3) is 2.96. The van der Waals surface area contributed by atoms with Crippen LogP contribution in [0, 0.1) is 18.3 Å². The Balaban J connectivity index is 2.89. The van der Waals surface area contributed by atoms with Crippen LogP contribution < -0.4 is 0 Å². The van der Waals surface area contributed by atoms with Crippen LogP contribution in [-0.2, 0) is 9.53 Å². The molecule has 3 heteroatoms. The van der Waals surface area contributed by atoms with Crippen LogP contribution in [0.15, 0.2) is 24.3 Å². The molecule has 0 unspecified atom stereocenters. The van der Waals surface area contributed by atoms with E-state index in [2.05, 4.69) is 10.8 Å². The van der Waals surface area contributed by atoms with E-state index in [1.54, 1.807) is 18.2 Å². The third-order valence-corrected chi connectivity index (χ3v) is 2.24. The summed E-state index contributed by atoms with van der Waals surface area (Å²) in [6.45, 7) is 1.93. The molecular formula is C13H13NO2. The Morgan fingerprint density at radius 1 is 1.56 bits per heavy atom. The van der Waals surface area contributed by atoms with Gasteiger partial charge in [-0.05, 0) is 24.1 Å². The number of carbonyl (C=O) groups is 1. The van der Waals surface area contributed by atoms with Crippen molar-refractivity contribution in [1.29, 1.82) is 5.26 Å². The van der Waals surface area contributed by atoms with Gasteiger partial charge in [-0.2, -0.15) is 5.26 Å². The lowest BCUT2D eigenvalue weighted by Crippen LogP contribution is -1.96. The molecule has 3 nitrogen and oxygen atoms in total. The number of hydrogen-bond donors (Lipinski definition) is 0. The SMILES string of the molecule is COC(=O)CC=Cc1c(C)cccc1C#N. The molecule has 0 aliphatic heterocycles. The molecule has 1 aromatic rings. The molecule has 0 saturated carbocycles. The molecule has 0 aliphatic rings. The molecule has 0 radical (unpaired) electrons. The number of nitrogens with zero attached hydrogens (tertiary/aromatic N) is 1. The average Bonchev–Trinajstić information content (AvgIpc) is 2.30. The highest BCUT2D eigenvalue weighted by Gasteiger charge is 2.01. The summed E-state index contributed by atoms with van der Waals surface area (Å²) < 4.78 is 4.52. The van der Waals surface area contributed by atoms with Crippen molar-refractivity contribution in [2.45, 2.75) is 13.3 Å². The molecule has 1 aromatic carbocycles. The molecule has 0 N–H and O–H groups in total. The molecule has 0 spiro atoms. The van der Waals surface area contributed by atoms with E-state index < -0.39 is 0 Å². The summed E-state index contributed by atoms with van der Waals surface area (Å²) in [5.41, 5.74) is 2.48. The van der Waals surface area contributed by atoms with E-state index >= 15 is 0 Å². The lowest BCUT2D eigenvalue weighted by Gasteiger charge is -2.01. The molecule has 0 atom stereocenters. The van der Waals surface area contributed by atoms with Crippen molar-refractivity contribution in [1.82, 2.24) is 0 Å². The monoisotopic (exact) mass is 215 g/mol. The first-order chi connectivity index (χ1) is 7.69. The molecule has 16 heavy (non-hydrogen) atoms. The van der Waals surface area contributed by atoms with Gasteiger partial charge in [0.05, 0.1) is 25.2 Å². The van der Waals surface area contributed by atoms with Crippen molar-refractivity contribution in [3.05, 3.63) is 41.0 Å². The van der Waals surface area contributed by atoms with Crippen molar-refractivity contribution >= 4 is 12.0 Å². The zero-order valence-electron chi connectivity index (χ0n) is 9.36. The first kappa shape index (κ1) is 12.0. The molecule has 1 rings (SSSR count). The normalized spacial score (nSPS) is 10.1. The number of nitriles is 1. The minimum Gasteiger partial charge on any atom is -0.469 e. The van der Waals surface area contributed by atoms with E-state index in [1.807, 2.05) is 19.1 Å². The fraction of sp³-hybridized carbons (Fsp3) is 0.231. The van der Waals surface area contributed by atoms with Gasteiger partial charge < -0.3 is 4.74 Å². The Labute approximate surface area is 95.0 Å². The fourth-order valence-corrected chi connectivity index (χ4v) is 1.36.